The van der Waals surface area contributed by atoms with Gasteiger partial charge in [-0.25, -0.2) is 4.79 Å². The molecule has 0 atom stereocenters. The van der Waals surface area contributed by atoms with Gasteiger partial charge >= 0.3 is 5.97 Å². The molecule has 0 fully saturated rings. The lowest BCUT2D eigenvalue weighted by atomic mass is 10.2. The summed E-state index contributed by atoms with van der Waals surface area (Å²) in [5.74, 6) is -0.585. The van der Waals surface area contributed by atoms with E-state index < -0.39 is 5.97 Å². The van der Waals surface area contributed by atoms with E-state index in [4.69, 9.17) is 9.52 Å². The molecule has 0 radical (unpaired) electrons. The van der Waals surface area contributed by atoms with Gasteiger partial charge < -0.3 is 9.52 Å². The zero-order valence-corrected chi connectivity index (χ0v) is 10.6. The Labute approximate surface area is 110 Å². The average molecular weight is 307 g/mol. The van der Waals surface area contributed by atoms with Crippen LogP contribution in [-0.2, 0) is 0 Å². The summed E-state index contributed by atoms with van der Waals surface area (Å²) in [6, 6.07) is 7.40. The number of H-pyrrole nitrogens is 1. The molecule has 0 unspecified atom stereocenters. The van der Waals surface area contributed by atoms with Gasteiger partial charge in [0.05, 0.1) is 6.20 Å². The first-order chi connectivity index (χ1) is 8.65. The van der Waals surface area contributed by atoms with Gasteiger partial charge in [-0.1, -0.05) is 15.9 Å². The molecular formula is C12H7BrN2O3. The van der Waals surface area contributed by atoms with Gasteiger partial charge in [0.2, 0.25) is 0 Å². The number of aromatic amines is 1. The van der Waals surface area contributed by atoms with Crippen LogP contribution < -0.4 is 0 Å². The van der Waals surface area contributed by atoms with Crippen LogP contribution in [0.2, 0.25) is 0 Å². The summed E-state index contributed by atoms with van der Waals surface area (Å²) in [6.45, 7) is 0. The molecule has 2 heterocycles. The van der Waals surface area contributed by atoms with Crippen molar-refractivity contribution in [3.63, 3.8) is 0 Å². The average Bonchev–Trinajstić information content (AvgIpc) is 2.93. The van der Waals surface area contributed by atoms with Crippen molar-refractivity contribution in [2.75, 3.05) is 0 Å². The minimum Gasteiger partial charge on any atom is -0.478 e. The molecule has 0 bridgehead atoms. The fourth-order valence-corrected chi connectivity index (χ4v) is 2.10. The normalized spacial score (nSPS) is 10.9. The maximum absolute atomic E-state index is 11.0. The van der Waals surface area contributed by atoms with Crippen molar-refractivity contribution >= 4 is 32.9 Å². The lowest BCUT2D eigenvalue weighted by molar-refractivity contribution is 0.0697. The second kappa shape index (κ2) is 3.99. The molecule has 90 valence electrons. The number of halogens is 1. The molecule has 18 heavy (non-hydrogen) atoms. The molecule has 0 amide bonds. The molecule has 0 saturated carbocycles. The minimum atomic E-state index is -1.04. The van der Waals surface area contributed by atoms with Crippen LogP contribution >= 0.6 is 15.9 Å². The number of carboxylic acid groups (broad SMARTS) is 1. The van der Waals surface area contributed by atoms with Gasteiger partial charge in [-0.3, -0.25) is 5.10 Å². The molecular weight excluding hydrogens is 300 g/mol. The fraction of sp³-hybridized carbons (Fsp3) is 0. The molecule has 5 nitrogen and oxygen atoms in total. The summed E-state index contributed by atoms with van der Waals surface area (Å²) >= 11 is 3.35. The molecule has 2 aromatic heterocycles. The number of carbonyl (C=O) groups is 1. The second-order valence-corrected chi connectivity index (χ2v) is 4.67. The molecule has 0 saturated heterocycles. The van der Waals surface area contributed by atoms with Crippen molar-refractivity contribution in [1.82, 2.24) is 10.2 Å². The summed E-state index contributed by atoms with van der Waals surface area (Å²) in [4.78, 5) is 11.0. The maximum atomic E-state index is 11.0. The Kier molecular flexibility index (Phi) is 2.45. The lowest BCUT2D eigenvalue weighted by Gasteiger charge is -1.93. The smallest absolute Gasteiger partial charge is 0.339 e. The number of fused-ring (bicyclic) bond motifs is 1. The molecule has 2 N–H and O–H groups in total. The Morgan fingerprint density at radius 2 is 2.22 bits per heavy atom. The molecule has 0 spiro atoms. The number of aromatic nitrogens is 2. The highest BCUT2D eigenvalue weighted by Gasteiger charge is 2.17. The van der Waals surface area contributed by atoms with E-state index in [1.165, 1.54) is 6.20 Å². The number of rotatable bonds is 2. The number of carboxylic acids is 1. The monoisotopic (exact) mass is 306 g/mol. The van der Waals surface area contributed by atoms with E-state index in [0.29, 0.717) is 17.0 Å². The zero-order valence-electron chi connectivity index (χ0n) is 8.98. The number of hydrogen-bond donors (Lipinski definition) is 2. The van der Waals surface area contributed by atoms with Crippen molar-refractivity contribution in [3.05, 3.63) is 40.5 Å². The topological polar surface area (TPSA) is 79.1 Å². The molecule has 1 aromatic carbocycles. The SMILES string of the molecule is O=C(O)c1cn[nH]c1-c1cc2ccc(Br)cc2o1. The summed E-state index contributed by atoms with van der Waals surface area (Å²) in [7, 11) is 0. The van der Waals surface area contributed by atoms with Crippen LogP contribution in [0.3, 0.4) is 0 Å². The third-order valence-electron chi connectivity index (χ3n) is 2.60. The Balaban J connectivity index is 2.19. The number of nitrogens with one attached hydrogen (secondary N) is 1. The van der Waals surface area contributed by atoms with E-state index in [2.05, 4.69) is 26.1 Å². The summed E-state index contributed by atoms with van der Waals surface area (Å²) < 4.78 is 6.52. The minimum absolute atomic E-state index is 0.0909. The third kappa shape index (κ3) is 1.70. The van der Waals surface area contributed by atoms with Gasteiger partial charge in [0.25, 0.3) is 0 Å². The molecule has 3 aromatic rings. The Hall–Kier alpha value is -2.08. The van der Waals surface area contributed by atoms with E-state index in [9.17, 15) is 4.79 Å². The number of aromatic carboxylic acids is 1. The summed E-state index contributed by atoms with van der Waals surface area (Å²) in [5.41, 5.74) is 1.15. The highest BCUT2D eigenvalue weighted by Crippen LogP contribution is 2.30. The van der Waals surface area contributed by atoms with E-state index >= 15 is 0 Å². The first kappa shape index (κ1) is 11.0. The molecule has 6 heteroatoms. The lowest BCUT2D eigenvalue weighted by Crippen LogP contribution is -1.95. The first-order valence-corrected chi connectivity index (χ1v) is 5.90. The molecule has 3 rings (SSSR count). The quantitative estimate of drug-likeness (QED) is 0.761. The van der Waals surface area contributed by atoms with Crippen LogP contribution in [0, 0.1) is 0 Å². The fourth-order valence-electron chi connectivity index (χ4n) is 1.76. The molecule has 0 aliphatic heterocycles. The Morgan fingerprint density at radius 1 is 1.39 bits per heavy atom. The van der Waals surface area contributed by atoms with Crippen LogP contribution in [0.1, 0.15) is 10.4 Å². The van der Waals surface area contributed by atoms with Crippen molar-refractivity contribution < 1.29 is 14.3 Å². The maximum Gasteiger partial charge on any atom is 0.339 e. The van der Waals surface area contributed by atoms with Gasteiger partial charge in [-0.15, -0.1) is 0 Å². The number of furan rings is 1. The van der Waals surface area contributed by atoms with Crippen molar-refractivity contribution in [2.45, 2.75) is 0 Å². The largest absolute Gasteiger partial charge is 0.478 e. The Morgan fingerprint density at radius 3 is 3.00 bits per heavy atom. The zero-order chi connectivity index (χ0) is 12.7. The van der Waals surface area contributed by atoms with Crippen LogP contribution in [-0.4, -0.2) is 21.3 Å². The predicted octanol–water partition coefficient (Wildman–Crippen LogP) is 3.28. The van der Waals surface area contributed by atoms with E-state index in [0.717, 1.165) is 9.86 Å². The Bertz CT molecular complexity index is 745. The van der Waals surface area contributed by atoms with E-state index in [1.54, 1.807) is 6.07 Å². The van der Waals surface area contributed by atoms with Gasteiger partial charge in [0, 0.05) is 9.86 Å². The van der Waals surface area contributed by atoms with Crippen LogP contribution in [0.15, 0.2) is 39.4 Å². The first-order valence-electron chi connectivity index (χ1n) is 5.11. The number of nitrogens with zero attached hydrogens (tertiary/aromatic N) is 1. The highest BCUT2D eigenvalue weighted by atomic mass is 79.9. The van der Waals surface area contributed by atoms with Crippen molar-refractivity contribution in [1.29, 1.82) is 0 Å². The molecule has 0 aliphatic rings. The summed E-state index contributed by atoms with van der Waals surface area (Å²) in [6.07, 6.45) is 1.26. The second-order valence-electron chi connectivity index (χ2n) is 3.76. The van der Waals surface area contributed by atoms with Crippen molar-refractivity contribution in [2.24, 2.45) is 0 Å². The van der Waals surface area contributed by atoms with Gasteiger partial charge in [-0.2, -0.15) is 5.10 Å². The van der Waals surface area contributed by atoms with Crippen LogP contribution in [0.5, 0.6) is 0 Å². The van der Waals surface area contributed by atoms with Gasteiger partial charge in [-0.05, 0) is 24.3 Å². The highest BCUT2D eigenvalue weighted by molar-refractivity contribution is 9.10. The third-order valence-corrected chi connectivity index (χ3v) is 3.09. The predicted molar refractivity (Wildman–Crippen MR) is 68.5 cm³/mol. The summed E-state index contributed by atoms with van der Waals surface area (Å²) in [5, 5.41) is 16.3. The number of hydrogen-bond acceptors (Lipinski definition) is 3. The van der Waals surface area contributed by atoms with E-state index in [-0.39, 0.29) is 5.56 Å². The van der Waals surface area contributed by atoms with Gasteiger partial charge in [0.15, 0.2) is 5.76 Å². The van der Waals surface area contributed by atoms with Crippen LogP contribution in [0.25, 0.3) is 22.4 Å². The van der Waals surface area contributed by atoms with Crippen LogP contribution in [0.4, 0.5) is 0 Å². The van der Waals surface area contributed by atoms with Crippen molar-refractivity contribution in [3.8, 4) is 11.5 Å². The molecule has 0 aliphatic carbocycles. The van der Waals surface area contributed by atoms with Gasteiger partial charge in [0.1, 0.15) is 16.8 Å². The number of benzene rings is 1. The standard InChI is InChI=1S/C12H7BrN2O3/c13-7-2-1-6-3-10(18-9(6)4-7)11-8(12(16)17)5-14-15-11/h1-5H,(H,14,15)(H,16,17). The van der Waals surface area contributed by atoms with E-state index in [1.807, 2.05) is 18.2 Å².